The molecule has 0 saturated heterocycles. The highest BCUT2D eigenvalue weighted by Crippen LogP contribution is 2.38. The molecule has 9 nitrogen and oxygen atoms in total. The summed E-state index contributed by atoms with van der Waals surface area (Å²) in [6.45, 7) is 4.07. The van der Waals surface area contributed by atoms with E-state index in [1.165, 1.54) is 270 Å². The summed E-state index contributed by atoms with van der Waals surface area (Å²) in [6.07, 6.45) is 114. The summed E-state index contributed by atoms with van der Waals surface area (Å²) < 4.78 is 34.5. The number of likely N-dealkylation sites (N-methyl/N-ethyl adjacent to an activating group) is 1. The molecule has 0 aliphatic carbocycles. The Bertz CT molecular complexity index is 2060. The van der Waals surface area contributed by atoms with Gasteiger partial charge in [0.2, 0.25) is 0 Å². The predicted molar refractivity (Wildman–Crippen MR) is 434 cm³/mol. The van der Waals surface area contributed by atoms with E-state index >= 15 is 0 Å². The zero-order chi connectivity index (χ0) is 72.5. The van der Waals surface area contributed by atoms with E-state index in [0.717, 1.165) is 96.3 Å². The number of hydrogen-bond acceptors (Lipinski definition) is 8. The third-order valence-electron chi connectivity index (χ3n) is 18.8. The Balaban J connectivity index is 3.88. The standard InChI is InChI=1S/C90H162NO8P/c1-6-8-10-12-14-16-18-20-22-24-26-28-30-32-34-36-38-40-42-43-44-45-46-47-49-50-52-54-56-58-60-62-64-66-68-70-72-74-76-78-80-82-89(92)96-86-88(87-98-100(94,95)97-85-84-91(3,4)5)99-90(93)83-81-79-77-75-73-71-69-67-65-63-61-59-57-55-53-51-48-41-39-37-35-33-31-29-27-25-23-21-19-17-15-13-11-9-7-2/h8-11,14-17,20-23,26-29,33,35,88H,6-7,12-13,18-19,24-25,30-32,34,36-87H2,1-5H3/b10-8-,11-9-,16-14-,17-15-,22-20-,23-21-,28-26-,29-27-,35-33-. The van der Waals surface area contributed by atoms with Crippen molar-refractivity contribution in [2.24, 2.45) is 0 Å². The van der Waals surface area contributed by atoms with Gasteiger partial charge in [0, 0.05) is 12.8 Å². The molecule has 0 rings (SSSR count). The van der Waals surface area contributed by atoms with Gasteiger partial charge in [-0.05, 0) is 96.3 Å². The van der Waals surface area contributed by atoms with E-state index in [1.807, 2.05) is 21.1 Å². The lowest BCUT2D eigenvalue weighted by Crippen LogP contribution is -2.37. The van der Waals surface area contributed by atoms with Gasteiger partial charge in [-0.1, -0.05) is 399 Å². The van der Waals surface area contributed by atoms with Gasteiger partial charge in [0.25, 0.3) is 7.82 Å². The highest BCUT2D eigenvalue weighted by Gasteiger charge is 2.22. The maximum atomic E-state index is 12.9. The summed E-state index contributed by atoms with van der Waals surface area (Å²) in [5.41, 5.74) is 0. The van der Waals surface area contributed by atoms with Gasteiger partial charge in [-0.15, -0.1) is 0 Å². The smallest absolute Gasteiger partial charge is 0.306 e. The minimum Gasteiger partial charge on any atom is -0.756 e. The quantitative estimate of drug-likeness (QED) is 0.0195. The maximum absolute atomic E-state index is 12.9. The van der Waals surface area contributed by atoms with Crippen molar-refractivity contribution in [1.82, 2.24) is 0 Å². The highest BCUT2D eigenvalue weighted by molar-refractivity contribution is 7.45. The summed E-state index contributed by atoms with van der Waals surface area (Å²) in [6, 6.07) is 0. The van der Waals surface area contributed by atoms with Crippen LogP contribution in [0.25, 0.3) is 0 Å². The van der Waals surface area contributed by atoms with Crippen molar-refractivity contribution in [2.75, 3.05) is 47.5 Å². The van der Waals surface area contributed by atoms with Crippen molar-refractivity contribution in [1.29, 1.82) is 0 Å². The van der Waals surface area contributed by atoms with Crippen LogP contribution in [0.5, 0.6) is 0 Å². The molecule has 0 aromatic rings. The van der Waals surface area contributed by atoms with Gasteiger partial charge >= 0.3 is 11.9 Å². The molecule has 2 atom stereocenters. The van der Waals surface area contributed by atoms with Crippen LogP contribution in [-0.2, 0) is 32.7 Å². The van der Waals surface area contributed by atoms with Crippen LogP contribution in [0.15, 0.2) is 109 Å². The summed E-state index contributed by atoms with van der Waals surface area (Å²) in [5.74, 6) is -0.813. The van der Waals surface area contributed by atoms with E-state index in [1.54, 1.807) is 0 Å². The lowest BCUT2D eigenvalue weighted by Gasteiger charge is -2.28. The normalized spacial score (nSPS) is 13.5. The van der Waals surface area contributed by atoms with Crippen LogP contribution in [0.3, 0.4) is 0 Å². The summed E-state index contributed by atoms with van der Waals surface area (Å²) in [5, 5.41) is 0. The molecule has 2 unspecified atom stereocenters. The van der Waals surface area contributed by atoms with Crippen LogP contribution in [0.1, 0.15) is 399 Å². The fourth-order valence-corrected chi connectivity index (χ4v) is 13.1. The van der Waals surface area contributed by atoms with E-state index in [-0.39, 0.29) is 32.0 Å². The van der Waals surface area contributed by atoms with Gasteiger partial charge in [-0.3, -0.25) is 14.2 Å². The second-order valence-electron chi connectivity index (χ2n) is 29.8. The molecule has 0 N–H and O–H groups in total. The average molecular weight is 1420 g/mol. The zero-order valence-electron chi connectivity index (χ0n) is 66.4. The predicted octanol–water partition coefficient (Wildman–Crippen LogP) is 28.1. The monoisotopic (exact) mass is 1420 g/mol. The van der Waals surface area contributed by atoms with Crippen molar-refractivity contribution in [3.05, 3.63) is 109 Å². The number of hydrogen-bond donors (Lipinski definition) is 0. The van der Waals surface area contributed by atoms with Crippen LogP contribution in [0.4, 0.5) is 0 Å². The van der Waals surface area contributed by atoms with Crippen molar-refractivity contribution in [3.8, 4) is 0 Å². The number of quaternary nitrogens is 1. The molecule has 0 amide bonds. The van der Waals surface area contributed by atoms with Crippen molar-refractivity contribution in [2.45, 2.75) is 405 Å². The first kappa shape index (κ1) is 96.7. The Hall–Kier alpha value is -3.33. The van der Waals surface area contributed by atoms with Crippen molar-refractivity contribution in [3.63, 3.8) is 0 Å². The SMILES string of the molecule is CC/C=C\C/C=C\C/C=C\C/C=C\C/C=C\CCCCCCCCCCCCCCCCCCCCCC(=O)OC(COC(=O)CCCCCCCCCCCCCCCCCCCCCCCCCCCCCC/C=C\C/C=C\C/C=C\C/C=C\CC)COP(=O)([O-])OCC[N+](C)(C)C. The van der Waals surface area contributed by atoms with E-state index in [4.69, 9.17) is 18.5 Å². The fourth-order valence-electron chi connectivity index (χ4n) is 12.4. The third-order valence-corrected chi connectivity index (χ3v) is 19.8. The number of unbranched alkanes of at least 4 members (excludes halogenated alkanes) is 47. The molecule has 0 radical (unpaired) electrons. The number of phosphoric acid groups is 1. The second-order valence-corrected chi connectivity index (χ2v) is 31.2. The molecule has 0 saturated carbocycles. The molecule has 0 aliphatic rings. The number of allylic oxidation sites excluding steroid dienone is 18. The molecule has 0 bridgehead atoms. The number of nitrogens with zero attached hydrogens (tertiary/aromatic N) is 1. The topological polar surface area (TPSA) is 111 Å². The number of carbonyl (C=O) groups excluding carboxylic acids is 2. The Morgan fingerprint density at radius 1 is 0.310 bits per heavy atom. The van der Waals surface area contributed by atoms with Crippen LogP contribution in [-0.4, -0.2) is 70.0 Å². The Morgan fingerprint density at radius 3 is 0.800 bits per heavy atom. The molecule has 0 aromatic heterocycles. The summed E-state index contributed by atoms with van der Waals surface area (Å²) in [4.78, 5) is 38.2. The lowest BCUT2D eigenvalue weighted by molar-refractivity contribution is -0.870. The van der Waals surface area contributed by atoms with E-state index in [2.05, 4.69) is 123 Å². The van der Waals surface area contributed by atoms with Gasteiger partial charge < -0.3 is 27.9 Å². The molecular formula is C90H162NO8P. The van der Waals surface area contributed by atoms with Gasteiger partial charge in [-0.25, -0.2) is 0 Å². The highest BCUT2D eigenvalue weighted by atomic mass is 31.2. The van der Waals surface area contributed by atoms with E-state index in [9.17, 15) is 19.0 Å². The lowest BCUT2D eigenvalue weighted by atomic mass is 10.0. The first-order valence-electron chi connectivity index (χ1n) is 42.6. The van der Waals surface area contributed by atoms with E-state index < -0.39 is 26.5 Å². The Labute approximate surface area is 620 Å². The molecular weight excluding hydrogens is 1250 g/mol. The number of esters is 2. The van der Waals surface area contributed by atoms with Crippen LogP contribution in [0.2, 0.25) is 0 Å². The van der Waals surface area contributed by atoms with Crippen molar-refractivity contribution >= 4 is 19.8 Å². The first-order chi connectivity index (χ1) is 49.0. The fraction of sp³-hybridized carbons (Fsp3) is 0.778. The molecule has 0 fully saturated rings. The molecule has 0 aromatic carbocycles. The molecule has 0 spiro atoms. The molecule has 0 aliphatic heterocycles. The van der Waals surface area contributed by atoms with E-state index in [0.29, 0.717) is 17.4 Å². The van der Waals surface area contributed by atoms with Crippen molar-refractivity contribution < 1.29 is 42.1 Å². The van der Waals surface area contributed by atoms with Gasteiger partial charge in [-0.2, -0.15) is 0 Å². The summed E-state index contributed by atoms with van der Waals surface area (Å²) in [7, 11) is 1.18. The first-order valence-corrected chi connectivity index (χ1v) is 44.1. The Morgan fingerprint density at radius 2 is 0.540 bits per heavy atom. The molecule has 100 heavy (non-hydrogen) atoms. The largest absolute Gasteiger partial charge is 0.756 e. The second kappa shape index (κ2) is 79.8. The number of phosphoric ester groups is 1. The van der Waals surface area contributed by atoms with Crippen LogP contribution < -0.4 is 4.89 Å². The summed E-state index contributed by atoms with van der Waals surface area (Å²) >= 11 is 0. The number of carbonyl (C=O) groups is 2. The third kappa shape index (κ3) is 83.6. The van der Waals surface area contributed by atoms with Gasteiger partial charge in [0.1, 0.15) is 19.8 Å². The average Bonchev–Trinajstić information content (AvgIpc) is 1.65. The zero-order valence-corrected chi connectivity index (χ0v) is 67.3. The molecule has 0 heterocycles. The maximum Gasteiger partial charge on any atom is 0.306 e. The molecule has 580 valence electrons. The van der Waals surface area contributed by atoms with Crippen LogP contribution in [0, 0.1) is 0 Å². The van der Waals surface area contributed by atoms with Crippen LogP contribution >= 0.6 is 7.82 Å². The number of rotatable bonds is 79. The number of ether oxygens (including phenoxy) is 2. The Kier molecular flexibility index (Phi) is 77.1. The minimum absolute atomic E-state index is 0.0304. The molecule has 10 heteroatoms. The minimum atomic E-state index is -4.65. The van der Waals surface area contributed by atoms with Gasteiger partial charge in [0.15, 0.2) is 6.10 Å². The van der Waals surface area contributed by atoms with Gasteiger partial charge in [0.05, 0.1) is 27.7 Å².